The van der Waals surface area contributed by atoms with Crippen molar-refractivity contribution in [2.24, 2.45) is 0 Å². The summed E-state index contributed by atoms with van der Waals surface area (Å²) in [5, 5.41) is 2.98. The standard InChI is InChI=1S/C19H24N2O2/c1-3-21(4-2)18(16-9-6-5-7-10-16)15-20-19(22)13-12-17-11-8-14-23-17/h5-14,18H,3-4,15H2,1-2H3,(H,20,22). The van der Waals surface area contributed by atoms with Crippen LogP contribution >= 0.6 is 0 Å². The van der Waals surface area contributed by atoms with Gasteiger partial charge < -0.3 is 9.73 Å². The minimum atomic E-state index is -0.116. The number of carbonyl (C=O) groups excluding carboxylic acids is 1. The van der Waals surface area contributed by atoms with Crippen LogP contribution in [0.25, 0.3) is 6.08 Å². The summed E-state index contributed by atoms with van der Waals surface area (Å²) in [6, 6.07) is 14.1. The highest BCUT2D eigenvalue weighted by molar-refractivity contribution is 5.91. The highest BCUT2D eigenvalue weighted by atomic mass is 16.3. The molecule has 2 aromatic rings. The number of amides is 1. The lowest BCUT2D eigenvalue weighted by atomic mass is 10.1. The third-order valence-corrected chi connectivity index (χ3v) is 3.85. The summed E-state index contributed by atoms with van der Waals surface area (Å²) in [7, 11) is 0. The van der Waals surface area contributed by atoms with Crippen molar-refractivity contribution in [1.29, 1.82) is 0 Å². The first-order valence-electron chi connectivity index (χ1n) is 8.03. The van der Waals surface area contributed by atoms with Gasteiger partial charge in [0.25, 0.3) is 0 Å². The summed E-state index contributed by atoms with van der Waals surface area (Å²) >= 11 is 0. The minimum absolute atomic E-state index is 0.116. The van der Waals surface area contributed by atoms with Crippen molar-refractivity contribution < 1.29 is 9.21 Å². The lowest BCUT2D eigenvalue weighted by molar-refractivity contribution is -0.116. The van der Waals surface area contributed by atoms with Crippen molar-refractivity contribution in [1.82, 2.24) is 10.2 Å². The Morgan fingerprint density at radius 3 is 2.52 bits per heavy atom. The molecule has 0 fully saturated rings. The first kappa shape index (κ1) is 17.0. The van der Waals surface area contributed by atoms with Crippen molar-refractivity contribution in [2.75, 3.05) is 19.6 Å². The first-order chi connectivity index (χ1) is 11.2. The lowest BCUT2D eigenvalue weighted by Gasteiger charge is -2.30. The maximum absolute atomic E-state index is 12.0. The number of hydrogen-bond donors (Lipinski definition) is 1. The average molecular weight is 312 g/mol. The molecule has 0 spiro atoms. The molecule has 1 atom stereocenters. The van der Waals surface area contributed by atoms with Crippen LogP contribution in [0.15, 0.2) is 59.2 Å². The predicted molar refractivity (Wildman–Crippen MR) is 92.9 cm³/mol. The number of rotatable bonds is 8. The SMILES string of the molecule is CCN(CC)C(CNC(=O)C=Cc1ccco1)c1ccccc1. The van der Waals surface area contributed by atoms with E-state index in [0.717, 1.165) is 13.1 Å². The monoisotopic (exact) mass is 312 g/mol. The summed E-state index contributed by atoms with van der Waals surface area (Å²) in [6.07, 6.45) is 4.76. The molecule has 0 aliphatic rings. The van der Waals surface area contributed by atoms with Gasteiger partial charge in [-0.2, -0.15) is 0 Å². The fourth-order valence-corrected chi connectivity index (χ4v) is 2.60. The van der Waals surface area contributed by atoms with Crippen LogP contribution in [-0.4, -0.2) is 30.4 Å². The molecule has 1 N–H and O–H groups in total. The Morgan fingerprint density at radius 2 is 1.91 bits per heavy atom. The number of benzene rings is 1. The molecule has 1 aromatic carbocycles. The van der Waals surface area contributed by atoms with Gasteiger partial charge in [0.15, 0.2) is 0 Å². The van der Waals surface area contributed by atoms with E-state index in [2.05, 4.69) is 36.2 Å². The fraction of sp³-hybridized carbons (Fsp3) is 0.316. The van der Waals surface area contributed by atoms with E-state index in [1.54, 1.807) is 18.4 Å². The third-order valence-electron chi connectivity index (χ3n) is 3.85. The maximum Gasteiger partial charge on any atom is 0.244 e. The molecule has 1 unspecified atom stereocenters. The van der Waals surface area contributed by atoms with Crippen LogP contribution in [0.5, 0.6) is 0 Å². The van der Waals surface area contributed by atoms with Crippen LogP contribution in [0.4, 0.5) is 0 Å². The summed E-state index contributed by atoms with van der Waals surface area (Å²) in [6.45, 7) is 6.73. The van der Waals surface area contributed by atoms with E-state index in [-0.39, 0.29) is 11.9 Å². The van der Waals surface area contributed by atoms with Crippen LogP contribution < -0.4 is 5.32 Å². The highest BCUT2D eigenvalue weighted by Gasteiger charge is 2.17. The number of furan rings is 1. The van der Waals surface area contributed by atoms with E-state index in [9.17, 15) is 4.79 Å². The molecule has 0 saturated carbocycles. The number of likely N-dealkylation sites (N-methyl/N-ethyl adjacent to an activating group) is 1. The van der Waals surface area contributed by atoms with Crippen molar-refractivity contribution in [3.8, 4) is 0 Å². The molecule has 0 saturated heterocycles. The smallest absolute Gasteiger partial charge is 0.244 e. The second-order valence-electron chi connectivity index (χ2n) is 5.24. The van der Waals surface area contributed by atoms with Crippen molar-refractivity contribution in [3.63, 3.8) is 0 Å². The predicted octanol–water partition coefficient (Wildman–Crippen LogP) is 3.49. The Balaban J connectivity index is 1.99. The molecule has 122 valence electrons. The molecule has 0 aliphatic carbocycles. The largest absolute Gasteiger partial charge is 0.465 e. The normalized spacial score (nSPS) is 12.7. The number of carbonyl (C=O) groups is 1. The zero-order valence-corrected chi connectivity index (χ0v) is 13.7. The number of nitrogens with one attached hydrogen (secondary N) is 1. The molecule has 0 aliphatic heterocycles. The van der Waals surface area contributed by atoms with Crippen LogP contribution in [-0.2, 0) is 4.79 Å². The molecule has 1 amide bonds. The Bertz CT molecular complexity index is 602. The molecule has 0 radical (unpaired) electrons. The Kier molecular flexibility index (Phi) is 6.63. The van der Waals surface area contributed by atoms with Crippen LogP contribution in [0.2, 0.25) is 0 Å². The summed E-state index contributed by atoms with van der Waals surface area (Å²) in [5.41, 5.74) is 1.21. The Morgan fingerprint density at radius 1 is 1.17 bits per heavy atom. The zero-order valence-electron chi connectivity index (χ0n) is 13.7. The quantitative estimate of drug-likeness (QED) is 0.759. The first-order valence-corrected chi connectivity index (χ1v) is 8.03. The number of nitrogens with zero attached hydrogens (tertiary/aromatic N) is 1. The summed E-state index contributed by atoms with van der Waals surface area (Å²) in [4.78, 5) is 14.4. The van der Waals surface area contributed by atoms with E-state index in [1.165, 1.54) is 11.6 Å². The van der Waals surface area contributed by atoms with Gasteiger partial charge in [0.05, 0.1) is 12.3 Å². The lowest BCUT2D eigenvalue weighted by Crippen LogP contribution is -2.37. The van der Waals surface area contributed by atoms with Gasteiger partial charge in [-0.15, -0.1) is 0 Å². The molecular weight excluding hydrogens is 288 g/mol. The highest BCUT2D eigenvalue weighted by Crippen LogP contribution is 2.19. The van der Waals surface area contributed by atoms with Gasteiger partial charge in [-0.05, 0) is 36.9 Å². The third kappa shape index (κ3) is 5.11. The molecule has 0 bridgehead atoms. The van der Waals surface area contributed by atoms with E-state index >= 15 is 0 Å². The number of hydrogen-bond acceptors (Lipinski definition) is 3. The van der Waals surface area contributed by atoms with Gasteiger partial charge in [0.1, 0.15) is 5.76 Å². The minimum Gasteiger partial charge on any atom is -0.465 e. The van der Waals surface area contributed by atoms with Gasteiger partial charge in [-0.25, -0.2) is 0 Å². The second kappa shape index (κ2) is 8.96. The molecular formula is C19H24N2O2. The average Bonchev–Trinajstić information content (AvgIpc) is 3.11. The fourth-order valence-electron chi connectivity index (χ4n) is 2.60. The van der Waals surface area contributed by atoms with Gasteiger partial charge in [-0.1, -0.05) is 44.2 Å². The second-order valence-corrected chi connectivity index (χ2v) is 5.24. The van der Waals surface area contributed by atoms with E-state index < -0.39 is 0 Å². The van der Waals surface area contributed by atoms with Gasteiger partial charge >= 0.3 is 0 Å². The summed E-state index contributed by atoms with van der Waals surface area (Å²) in [5.74, 6) is 0.554. The molecule has 2 rings (SSSR count). The molecule has 4 heteroatoms. The molecule has 1 aromatic heterocycles. The van der Waals surface area contributed by atoms with Gasteiger partial charge in [0.2, 0.25) is 5.91 Å². The van der Waals surface area contributed by atoms with Crippen LogP contribution in [0, 0.1) is 0 Å². The Hall–Kier alpha value is -2.33. The van der Waals surface area contributed by atoms with Crippen molar-refractivity contribution in [2.45, 2.75) is 19.9 Å². The molecule has 4 nitrogen and oxygen atoms in total. The van der Waals surface area contributed by atoms with E-state index in [0.29, 0.717) is 12.3 Å². The van der Waals surface area contributed by atoms with Gasteiger partial charge in [0, 0.05) is 12.6 Å². The van der Waals surface area contributed by atoms with Gasteiger partial charge in [-0.3, -0.25) is 9.69 Å². The van der Waals surface area contributed by atoms with Crippen LogP contribution in [0.3, 0.4) is 0 Å². The van der Waals surface area contributed by atoms with Crippen molar-refractivity contribution in [3.05, 3.63) is 66.1 Å². The maximum atomic E-state index is 12.0. The van der Waals surface area contributed by atoms with E-state index in [1.807, 2.05) is 24.3 Å². The molecule has 1 heterocycles. The Labute approximate surface area is 137 Å². The topological polar surface area (TPSA) is 45.5 Å². The van der Waals surface area contributed by atoms with E-state index in [4.69, 9.17) is 4.42 Å². The molecule has 23 heavy (non-hydrogen) atoms. The van der Waals surface area contributed by atoms with Crippen molar-refractivity contribution >= 4 is 12.0 Å². The van der Waals surface area contributed by atoms with Crippen LogP contribution in [0.1, 0.15) is 31.2 Å². The zero-order chi connectivity index (χ0) is 16.5. The summed E-state index contributed by atoms with van der Waals surface area (Å²) < 4.78 is 5.18.